The molecule has 2 unspecified atom stereocenters. The van der Waals surface area contributed by atoms with E-state index >= 15 is 0 Å². The third-order valence-electron chi connectivity index (χ3n) is 7.12. The zero-order valence-electron chi connectivity index (χ0n) is 20.6. The van der Waals surface area contributed by atoms with E-state index in [1.54, 1.807) is 14.2 Å². The summed E-state index contributed by atoms with van der Waals surface area (Å²) >= 11 is 0. The molecule has 178 valence electrons. The van der Waals surface area contributed by atoms with Gasteiger partial charge in [0, 0.05) is 29.6 Å². The monoisotopic (exact) mass is 450 g/mol. The molecule has 2 aromatic rings. The Morgan fingerprint density at radius 3 is 2.06 bits per heavy atom. The molecular weight excluding hydrogens is 412 g/mol. The van der Waals surface area contributed by atoms with Crippen LogP contribution in [0.5, 0.6) is 11.5 Å². The molecule has 2 atom stereocenters. The summed E-state index contributed by atoms with van der Waals surface area (Å²) in [6.07, 6.45) is 4.87. The molecule has 0 saturated carbocycles. The Labute approximate surface area is 198 Å². The molecule has 1 aliphatic rings. The number of carbonyl (C=O) groups excluding carboxylic acids is 1. The molecule has 5 nitrogen and oxygen atoms in total. The molecule has 2 aromatic carbocycles. The average molecular weight is 451 g/mol. The van der Waals surface area contributed by atoms with Gasteiger partial charge in [0.1, 0.15) is 17.8 Å². The summed E-state index contributed by atoms with van der Waals surface area (Å²) in [5.41, 5.74) is 4.56. The van der Waals surface area contributed by atoms with E-state index in [1.165, 1.54) is 11.1 Å². The predicted molar refractivity (Wildman–Crippen MR) is 135 cm³/mol. The fourth-order valence-electron chi connectivity index (χ4n) is 5.27. The first-order chi connectivity index (χ1) is 16.0. The second-order valence-corrected chi connectivity index (χ2v) is 8.84. The molecular formula is C28H38N2O3. The topological polar surface area (TPSA) is 50.8 Å². The van der Waals surface area contributed by atoms with Crippen LogP contribution in [0.15, 0.2) is 54.7 Å². The third-order valence-corrected chi connectivity index (χ3v) is 7.12. The highest BCUT2D eigenvalue weighted by molar-refractivity contribution is 5.71. The first kappa shape index (κ1) is 24.8. The summed E-state index contributed by atoms with van der Waals surface area (Å²) in [7, 11) is 5.26. The van der Waals surface area contributed by atoms with Gasteiger partial charge in [-0.3, -0.25) is 0 Å². The van der Waals surface area contributed by atoms with Crippen molar-refractivity contribution in [2.45, 2.75) is 51.6 Å². The van der Waals surface area contributed by atoms with Crippen molar-refractivity contribution in [2.75, 3.05) is 26.2 Å². The molecule has 0 heterocycles. The van der Waals surface area contributed by atoms with E-state index in [4.69, 9.17) is 9.47 Å². The predicted octanol–water partition coefficient (Wildman–Crippen LogP) is 5.03. The lowest BCUT2D eigenvalue weighted by Crippen LogP contribution is -2.49. The van der Waals surface area contributed by atoms with E-state index in [1.807, 2.05) is 25.2 Å². The molecule has 5 heteroatoms. The molecule has 0 spiro atoms. The first-order valence-corrected chi connectivity index (χ1v) is 11.9. The maximum atomic E-state index is 12.5. The number of anilines is 1. The van der Waals surface area contributed by atoms with Gasteiger partial charge in [0.15, 0.2) is 0 Å². The molecule has 33 heavy (non-hydrogen) atoms. The van der Waals surface area contributed by atoms with Crippen LogP contribution >= 0.6 is 0 Å². The van der Waals surface area contributed by atoms with E-state index in [9.17, 15) is 4.79 Å². The summed E-state index contributed by atoms with van der Waals surface area (Å²) in [6.45, 7) is 8.84. The van der Waals surface area contributed by atoms with Gasteiger partial charge in [-0.2, -0.15) is 0 Å². The van der Waals surface area contributed by atoms with Gasteiger partial charge >= 0.3 is 0 Å². The van der Waals surface area contributed by atoms with Crippen LogP contribution in [0.3, 0.4) is 0 Å². The second-order valence-electron chi connectivity index (χ2n) is 8.84. The minimum atomic E-state index is -0.330. The number of ether oxygens (including phenoxy) is 2. The number of likely N-dealkylation sites (N-methyl/N-ethyl adjacent to an activating group) is 1. The number of fused-ring (bicyclic) bond motifs is 1. The Morgan fingerprint density at radius 2 is 1.64 bits per heavy atom. The van der Waals surface area contributed by atoms with E-state index in [2.05, 4.69) is 54.9 Å². The van der Waals surface area contributed by atoms with E-state index in [0.29, 0.717) is 17.4 Å². The summed E-state index contributed by atoms with van der Waals surface area (Å²) in [6, 6.07) is 14.1. The Morgan fingerprint density at radius 1 is 1.09 bits per heavy atom. The summed E-state index contributed by atoms with van der Waals surface area (Å²) in [5.74, 6) is 1.94. The second kappa shape index (κ2) is 11.4. The van der Waals surface area contributed by atoms with Gasteiger partial charge in [-0.15, -0.1) is 0 Å². The maximum absolute atomic E-state index is 12.5. The smallest absolute Gasteiger partial charge is 0.143 e. The lowest BCUT2D eigenvalue weighted by molar-refractivity contribution is -0.110. The van der Waals surface area contributed by atoms with Gasteiger partial charge in [0.2, 0.25) is 0 Å². The summed E-state index contributed by atoms with van der Waals surface area (Å²) < 4.78 is 11.1. The highest BCUT2D eigenvalue weighted by Gasteiger charge is 2.35. The van der Waals surface area contributed by atoms with Crippen molar-refractivity contribution in [3.63, 3.8) is 0 Å². The largest absolute Gasteiger partial charge is 0.497 e. The van der Waals surface area contributed by atoms with Crippen LogP contribution < -0.4 is 19.7 Å². The lowest BCUT2D eigenvalue weighted by Gasteiger charge is -2.40. The van der Waals surface area contributed by atoms with Crippen LogP contribution in [0.2, 0.25) is 0 Å². The highest BCUT2D eigenvalue weighted by atomic mass is 16.5. The Kier molecular flexibility index (Phi) is 8.56. The average Bonchev–Trinajstić information content (AvgIpc) is 3.27. The number of hydrogen-bond acceptors (Lipinski definition) is 5. The SMILES string of the molecule is C=C(C(NC)C1Cc2ccccc2C1)N(c1cc(OC)cc(OC)c1)C(C=O)C(CC)CC. The van der Waals surface area contributed by atoms with Gasteiger partial charge in [0.05, 0.1) is 26.3 Å². The van der Waals surface area contributed by atoms with Crippen LogP contribution in [0.4, 0.5) is 5.69 Å². The zero-order chi connectivity index (χ0) is 24.0. The number of methoxy groups -OCH3 is 2. The fraction of sp³-hybridized carbons (Fsp3) is 0.464. The minimum absolute atomic E-state index is 0.0198. The van der Waals surface area contributed by atoms with Crippen LogP contribution in [0.1, 0.15) is 37.8 Å². The number of aldehydes is 1. The van der Waals surface area contributed by atoms with Crippen molar-refractivity contribution >= 4 is 12.0 Å². The Bertz CT molecular complexity index is 907. The van der Waals surface area contributed by atoms with Crippen molar-refractivity contribution in [2.24, 2.45) is 11.8 Å². The molecule has 0 aliphatic heterocycles. The molecule has 3 rings (SSSR count). The minimum Gasteiger partial charge on any atom is -0.497 e. The summed E-state index contributed by atoms with van der Waals surface area (Å²) in [5, 5.41) is 3.52. The van der Waals surface area contributed by atoms with Gasteiger partial charge in [-0.1, -0.05) is 57.5 Å². The number of nitrogens with one attached hydrogen (secondary N) is 1. The zero-order valence-corrected chi connectivity index (χ0v) is 20.6. The van der Waals surface area contributed by atoms with E-state index in [0.717, 1.165) is 43.4 Å². The lowest BCUT2D eigenvalue weighted by atomic mass is 9.89. The highest BCUT2D eigenvalue weighted by Crippen LogP contribution is 2.37. The number of nitrogens with zero attached hydrogens (tertiary/aromatic N) is 1. The van der Waals surface area contributed by atoms with Gasteiger partial charge in [-0.05, 0) is 42.9 Å². The first-order valence-electron chi connectivity index (χ1n) is 11.9. The normalized spacial score (nSPS) is 15.1. The van der Waals surface area contributed by atoms with E-state index in [-0.39, 0.29) is 18.0 Å². The van der Waals surface area contributed by atoms with Crippen molar-refractivity contribution in [1.82, 2.24) is 5.32 Å². The third kappa shape index (κ3) is 5.25. The van der Waals surface area contributed by atoms with Crippen molar-refractivity contribution < 1.29 is 14.3 Å². The van der Waals surface area contributed by atoms with Crippen molar-refractivity contribution in [1.29, 1.82) is 0 Å². The number of benzene rings is 2. The Balaban J connectivity index is 2.04. The molecule has 0 amide bonds. The molecule has 0 aromatic heterocycles. The quantitative estimate of drug-likeness (QED) is 0.460. The van der Waals surface area contributed by atoms with Crippen molar-refractivity contribution in [3.8, 4) is 11.5 Å². The van der Waals surface area contributed by atoms with Crippen molar-refractivity contribution in [3.05, 3.63) is 65.9 Å². The van der Waals surface area contributed by atoms with Crippen LogP contribution in [-0.4, -0.2) is 39.6 Å². The standard InChI is InChI=1S/C28H38N2O3/c1-7-20(8-2)27(18-31)30(24-15-25(32-5)17-26(16-24)33-6)19(3)28(29-4)23-13-21-11-9-10-12-22(21)14-23/h9-12,15-18,20,23,27-29H,3,7-8,13-14H2,1-2,4-6H3. The molecule has 1 aliphatic carbocycles. The number of hydrogen-bond donors (Lipinski definition) is 1. The molecule has 0 bridgehead atoms. The van der Waals surface area contributed by atoms with Gasteiger partial charge < -0.3 is 24.5 Å². The van der Waals surface area contributed by atoms with Crippen LogP contribution in [-0.2, 0) is 17.6 Å². The number of rotatable bonds is 12. The van der Waals surface area contributed by atoms with Crippen LogP contribution in [0, 0.1) is 11.8 Å². The molecule has 0 saturated heterocycles. The van der Waals surface area contributed by atoms with Gasteiger partial charge in [-0.25, -0.2) is 0 Å². The maximum Gasteiger partial charge on any atom is 0.143 e. The Hall–Kier alpha value is -2.79. The van der Waals surface area contributed by atoms with E-state index < -0.39 is 0 Å². The summed E-state index contributed by atoms with van der Waals surface area (Å²) in [4.78, 5) is 14.6. The number of carbonyl (C=O) groups is 1. The fourth-order valence-corrected chi connectivity index (χ4v) is 5.27. The molecule has 0 radical (unpaired) electrons. The molecule has 1 N–H and O–H groups in total. The molecule has 0 fully saturated rings. The van der Waals surface area contributed by atoms with Crippen LogP contribution in [0.25, 0.3) is 0 Å². The van der Waals surface area contributed by atoms with Gasteiger partial charge in [0.25, 0.3) is 0 Å².